The molecule has 1 amide bonds. The molecule has 0 bridgehead atoms. The predicted octanol–water partition coefficient (Wildman–Crippen LogP) is 4.42. The fourth-order valence-electron chi connectivity index (χ4n) is 4.44. The van der Waals surface area contributed by atoms with Crippen LogP contribution >= 0.6 is 0 Å². The number of benzene rings is 2. The molecular formula is C29H38N2O6. The van der Waals surface area contributed by atoms with Crippen LogP contribution in [0.5, 0.6) is 17.2 Å². The molecule has 0 aliphatic carbocycles. The Labute approximate surface area is 219 Å². The van der Waals surface area contributed by atoms with Gasteiger partial charge in [0.2, 0.25) is 0 Å². The van der Waals surface area contributed by atoms with Crippen molar-refractivity contribution in [3.8, 4) is 17.2 Å². The molecule has 8 nitrogen and oxygen atoms in total. The van der Waals surface area contributed by atoms with E-state index in [1.54, 1.807) is 37.4 Å². The molecule has 1 saturated heterocycles. The quantitative estimate of drug-likeness (QED) is 0.272. The number of aliphatic hydroxyl groups is 1. The van der Waals surface area contributed by atoms with Crippen LogP contribution < -0.4 is 14.2 Å². The summed E-state index contributed by atoms with van der Waals surface area (Å²) in [5.41, 5.74) is 1.93. The van der Waals surface area contributed by atoms with Crippen LogP contribution in [0.3, 0.4) is 0 Å². The number of hydrogen-bond acceptors (Lipinski definition) is 7. The number of rotatable bonds is 11. The molecule has 1 atom stereocenters. The van der Waals surface area contributed by atoms with Crippen molar-refractivity contribution < 1.29 is 28.9 Å². The fraction of sp³-hybridized carbons (Fsp3) is 0.448. The van der Waals surface area contributed by atoms with Gasteiger partial charge in [0.05, 0.1) is 32.4 Å². The molecule has 37 heavy (non-hydrogen) atoms. The van der Waals surface area contributed by atoms with E-state index in [0.29, 0.717) is 53.9 Å². The Morgan fingerprint density at radius 2 is 1.76 bits per heavy atom. The molecule has 200 valence electrons. The number of carbonyl (C=O) groups excluding carboxylic acids is 2. The van der Waals surface area contributed by atoms with Crippen LogP contribution in [-0.2, 0) is 9.59 Å². The molecule has 1 heterocycles. The van der Waals surface area contributed by atoms with E-state index in [4.69, 9.17) is 14.2 Å². The van der Waals surface area contributed by atoms with Crippen LogP contribution in [0, 0.1) is 12.8 Å². The second-order valence-electron chi connectivity index (χ2n) is 9.95. The van der Waals surface area contributed by atoms with Gasteiger partial charge >= 0.3 is 0 Å². The van der Waals surface area contributed by atoms with Gasteiger partial charge in [0, 0.05) is 12.1 Å². The highest BCUT2D eigenvalue weighted by atomic mass is 16.5. The van der Waals surface area contributed by atoms with Crippen LogP contribution in [0.15, 0.2) is 42.0 Å². The molecule has 8 heteroatoms. The first kappa shape index (κ1) is 28.1. The molecule has 1 aliphatic rings. The zero-order chi connectivity index (χ0) is 27.3. The summed E-state index contributed by atoms with van der Waals surface area (Å²) in [7, 11) is 6.98. The average molecular weight is 511 g/mol. The Hall–Kier alpha value is -3.52. The fourth-order valence-corrected chi connectivity index (χ4v) is 4.44. The lowest BCUT2D eigenvalue weighted by Gasteiger charge is -2.26. The summed E-state index contributed by atoms with van der Waals surface area (Å²) in [6.07, 6.45) is 0.671. The number of carbonyl (C=O) groups is 2. The smallest absolute Gasteiger partial charge is 0.295 e. The van der Waals surface area contributed by atoms with E-state index in [1.807, 2.05) is 32.0 Å². The minimum Gasteiger partial charge on any atom is -0.507 e. The minimum atomic E-state index is -0.766. The van der Waals surface area contributed by atoms with Gasteiger partial charge in [-0.2, -0.15) is 0 Å². The predicted molar refractivity (Wildman–Crippen MR) is 143 cm³/mol. The first-order valence-corrected chi connectivity index (χ1v) is 12.5. The Morgan fingerprint density at radius 3 is 2.35 bits per heavy atom. The molecule has 1 N–H and O–H groups in total. The van der Waals surface area contributed by atoms with Gasteiger partial charge in [0.25, 0.3) is 11.7 Å². The van der Waals surface area contributed by atoms with Crippen LogP contribution in [0.2, 0.25) is 0 Å². The highest BCUT2D eigenvalue weighted by Gasteiger charge is 2.46. The number of nitrogens with zero attached hydrogens (tertiary/aromatic N) is 2. The molecule has 3 rings (SSSR count). The van der Waals surface area contributed by atoms with Crippen molar-refractivity contribution in [2.75, 3.05) is 48.0 Å². The molecule has 2 aromatic carbocycles. The highest BCUT2D eigenvalue weighted by Crippen LogP contribution is 2.42. The van der Waals surface area contributed by atoms with Gasteiger partial charge in [-0.25, -0.2) is 0 Å². The zero-order valence-electron chi connectivity index (χ0n) is 22.8. The maximum atomic E-state index is 13.3. The third kappa shape index (κ3) is 6.25. The number of aliphatic hydroxyl groups excluding tert-OH is 1. The van der Waals surface area contributed by atoms with Gasteiger partial charge in [-0.15, -0.1) is 0 Å². The third-order valence-corrected chi connectivity index (χ3v) is 6.30. The average Bonchev–Trinajstić information content (AvgIpc) is 3.11. The van der Waals surface area contributed by atoms with E-state index in [2.05, 4.69) is 13.8 Å². The van der Waals surface area contributed by atoms with Crippen molar-refractivity contribution in [1.82, 2.24) is 9.80 Å². The van der Waals surface area contributed by atoms with Gasteiger partial charge < -0.3 is 29.1 Å². The SMILES string of the molecule is COc1ccc(C2/C(=C(\O)c3ccc(OCC(C)C)cc3C)C(=O)C(=O)N2CCCN(C)C)cc1OC. The van der Waals surface area contributed by atoms with Crippen molar-refractivity contribution in [2.24, 2.45) is 5.92 Å². The summed E-state index contributed by atoms with van der Waals surface area (Å²) < 4.78 is 16.7. The molecule has 2 aromatic rings. The second kappa shape index (κ2) is 12.1. The van der Waals surface area contributed by atoms with Crippen LogP contribution in [0.4, 0.5) is 0 Å². The minimum absolute atomic E-state index is 0.0565. The Morgan fingerprint density at radius 1 is 1.05 bits per heavy atom. The van der Waals surface area contributed by atoms with Gasteiger partial charge in [-0.05, 0) is 81.4 Å². The van der Waals surface area contributed by atoms with E-state index in [-0.39, 0.29) is 11.3 Å². The number of likely N-dealkylation sites (tertiary alicyclic amines) is 1. The lowest BCUT2D eigenvalue weighted by Crippen LogP contribution is -2.32. The van der Waals surface area contributed by atoms with Crippen LogP contribution in [-0.4, -0.2) is 74.6 Å². The second-order valence-corrected chi connectivity index (χ2v) is 9.95. The topological polar surface area (TPSA) is 88.5 Å². The van der Waals surface area contributed by atoms with Gasteiger partial charge in [-0.3, -0.25) is 9.59 Å². The number of ether oxygens (including phenoxy) is 3. The van der Waals surface area contributed by atoms with Gasteiger partial charge in [0.15, 0.2) is 11.5 Å². The standard InChI is InChI=1S/C29H38N2O6/c1-18(2)17-37-21-10-11-22(19(3)15-21)27(32)25-26(20-9-12-23(35-6)24(16-20)36-7)31(29(34)28(25)33)14-8-13-30(4)5/h9-12,15-16,18,26,32H,8,13-14,17H2,1-7H3/b27-25+. The highest BCUT2D eigenvalue weighted by molar-refractivity contribution is 6.46. The number of aryl methyl sites for hydroxylation is 1. The van der Waals surface area contributed by atoms with E-state index >= 15 is 0 Å². The summed E-state index contributed by atoms with van der Waals surface area (Å²) in [5, 5.41) is 11.5. The normalized spacial score (nSPS) is 17.1. The lowest BCUT2D eigenvalue weighted by molar-refractivity contribution is -0.139. The largest absolute Gasteiger partial charge is 0.507 e. The molecule has 1 unspecified atom stereocenters. The van der Waals surface area contributed by atoms with E-state index in [9.17, 15) is 14.7 Å². The van der Waals surface area contributed by atoms with Crippen LogP contribution in [0.25, 0.3) is 5.76 Å². The molecule has 0 spiro atoms. The first-order valence-electron chi connectivity index (χ1n) is 12.5. The number of ketones is 1. The summed E-state index contributed by atoms with van der Waals surface area (Å²) in [6.45, 7) is 7.66. The number of hydrogen-bond donors (Lipinski definition) is 1. The molecule has 1 fully saturated rings. The summed E-state index contributed by atoms with van der Waals surface area (Å²) in [6, 6.07) is 9.83. The maximum absolute atomic E-state index is 13.3. The van der Waals surface area contributed by atoms with Crippen molar-refractivity contribution in [3.63, 3.8) is 0 Å². The van der Waals surface area contributed by atoms with E-state index in [0.717, 1.165) is 12.1 Å². The molecule has 0 aromatic heterocycles. The van der Waals surface area contributed by atoms with Crippen molar-refractivity contribution in [2.45, 2.75) is 33.2 Å². The van der Waals surface area contributed by atoms with Crippen molar-refractivity contribution in [1.29, 1.82) is 0 Å². The Bertz CT molecular complexity index is 1170. The number of amides is 1. The van der Waals surface area contributed by atoms with Gasteiger partial charge in [0.1, 0.15) is 11.5 Å². The van der Waals surface area contributed by atoms with E-state index in [1.165, 1.54) is 12.0 Å². The monoisotopic (exact) mass is 510 g/mol. The molecule has 0 saturated carbocycles. The summed E-state index contributed by atoms with van der Waals surface area (Å²) in [5.74, 6) is 0.518. The molecular weight excluding hydrogens is 472 g/mol. The van der Waals surface area contributed by atoms with Gasteiger partial charge in [-0.1, -0.05) is 19.9 Å². The molecule has 0 radical (unpaired) electrons. The number of methoxy groups -OCH3 is 2. The molecule has 1 aliphatic heterocycles. The van der Waals surface area contributed by atoms with Crippen molar-refractivity contribution >= 4 is 17.4 Å². The zero-order valence-corrected chi connectivity index (χ0v) is 22.8. The van der Waals surface area contributed by atoms with Crippen LogP contribution in [0.1, 0.15) is 43.0 Å². The van der Waals surface area contributed by atoms with Crippen molar-refractivity contribution in [3.05, 3.63) is 58.7 Å². The summed E-state index contributed by atoms with van der Waals surface area (Å²) >= 11 is 0. The third-order valence-electron chi connectivity index (χ3n) is 6.30. The lowest BCUT2D eigenvalue weighted by atomic mass is 9.93. The Balaban J connectivity index is 2.11. The van der Waals surface area contributed by atoms with E-state index < -0.39 is 17.7 Å². The number of Topliss-reactive ketones (excluding diaryl/α,β-unsaturated/α-hetero) is 1. The Kier molecular flexibility index (Phi) is 9.21. The first-order chi connectivity index (χ1) is 17.6. The summed E-state index contributed by atoms with van der Waals surface area (Å²) in [4.78, 5) is 30.1. The maximum Gasteiger partial charge on any atom is 0.295 e.